The third-order valence-electron chi connectivity index (χ3n) is 1.00. The molecule has 1 rings (SSSR count). The van der Waals surface area contributed by atoms with E-state index in [2.05, 4.69) is 15.9 Å². The number of aromatic nitrogens is 1. The molecule has 1 heterocycles. The second-order valence-corrected chi connectivity index (χ2v) is 3.31. The Hall–Kier alpha value is -0.0900. The fourth-order valence-electron chi connectivity index (χ4n) is 0.545. The van der Waals surface area contributed by atoms with E-state index in [1.165, 1.54) is 11.5 Å². The van der Waals surface area contributed by atoms with Crippen LogP contribution in [-0.4, -0.2) is 3.96 Å². The number of nitrogens with zero attached hydrogens (tertiary/aromatic N) is 1. The lowest BCUT2D eigenvalue weighted by Gasteiger charge is -1.87. The molecule has 0 amide bonds. The summed E-state index contributed by atoms with van der Waals surface area (Å²) in [4.78, 5) is 10.9. The third-order valence-corrected chi connectivity index (χ3v) is 2.89. The molecular weight excluding hydrogens is 202 g/mol. The van der Waals surface area contributed by atoms with Gasteiger partial charge in [-0.2, -0.15) is 0 Å². The van der Waals surface area contributed by atoms with Gasteiger partial charge in [0.05, 0.1) is 4.47 Å². The second kappa shape index (κ2) is 2.66. The Bertz CT molecular complexity index is 252. The minimum absolute atomic E-state index is 0.0718. The first-order valence-electron chi connectivity index (χ1n) is 2.60. The molecule has 1 aromatic heterocycles. The molecule has 0 aliphatic rings. The fourth-order valence-corrected chi connectivity index (χ4v) is 1.79. The van der Waals surface area contributed by atoms with Gasteiger partial charge in [-0.15, -0.1) is 0 Å². The van der Waals surface area contributed by atoms with E-state index in [0.717, 1.165) is 6.54 Å². The van der Waals surface area contributed by atoms with Gasteiger partial charge in [-0.25, -0.2) is 0 Å². The highest BCUT2D eigenvalue weighted by Crippen LogP contribution is 2.06. The molecule has 0 spiro atoms. The average Bonchev–Trinajstić information content (AvgIpc) is 2.15. The van der Waals surface area contributed by atoms with Gasteiger partial charge in [0.25, 0.3) is 5.56 Å². The Kier molecular flexibility index (Phi) is 2.08. The molecule has 0 unspecified atom stereocenters. The summed E-state index contributed by atoms with van der Waals surface area (Å²) in [6.07, 6.45) is 0. The van der Waals surface area contributed by atoms with Gasteiger partial charge in [0.1, 0.15) is 0 Å². The Morgan fingerprint density at radius 2 is 2.56 bits per heavy atom. The zero-order valence-corrected chi connectivity index (χ0v) is 7.33. The molecule has 0 saturated carbocycles. The summed E-state index contributed by atoms with van der Waals surface area (Å²) >= 11 is 4.57. The number of rotatable bonds is 1. The quantitative estimate of drug-likeness (QED) is 0.688. The molecule has 0 aliphatic heterocycles. The lowest BCUT2D eigenvalue weighted by molar-refractivity contribution is 0.807. The van der Waals surface area contributed by atoms with Crippen molar-refractivity contribution in [2.45, 2.75) is 13.5 Å². The molecule has 0 atom stereocenters. The van der Waals surface area contributed by atoms with Crippen molar-refractivity contribution in [1.82, 2.24) is 3.96 Å². The average molecular weight is 208 g/mol. The van der Waals surface area contributed by atoms with E-state index in [4.69, 9.17) is 0 Å². The summed E-state index contributed by atoms with van der Waals surface area (Å²) < 4.78 is 2.35. The predicted molar refractivity (Wildman–Crippen MR) is 42.0 cm³/mol. The molecule has 0 fully saturated rings. The molecule has 0 N–H and O–H groups in total. The minimum Gasteiger partial charge on any atom is -0.267 e. The number of aryl methyl sites for hydroxylation is 1. The van der Waals surface area contributed by atoms with Gasteiger partial charge in [-0.1, -0.05) is 11.5 Å². The van der Waals surface area contributed by atoms with Gasteiger partial charge in [-0.05, 0) is 22.9 Å². The molecule has 2 nitrogen and oxygen atoms in total. The highest BCUT2D eigenvalue weighted by atomic mass is 79.9. The highest BCUT2D eigenvalue weighted by Gasteiger charge is 1.98. The Labute approximate surface area is 65.4 Å². The van der Waals surface area contributed by atoms with Crippen LogP contribution in [0.2, 0.25) is 0 Å². The zero-order valence-electron chi connectivity index (χ0n) is 4.93. The van der Waals surface area contributed by atoms with Crippen molar-refractivity contribution in [3.63, 3.8) is 0 Å². The maximum Gasteiger partial charge on any atom is 0.274 e. The van der Waals surface area contributed by atoms with Crippen molar-refractivity contribution in [2.75, 3.05) is 0 Å². The normalized spacial score (nSPS) is 10.0. The van der Waals surface area contributed by atoms with Crippen LogP contribution in [0, 0.1) is 0 Å². The van der Waals surface area contributed by atoms with Gasteiger partial charge in [0.15, 0.2) is 0 Å². The molecule has 0 bridgehead atoms. The Morgan fingerprint density at radius 3 is 2.78 bits per heavy atom. The first-order chi connectivity index (χ1) is 4.25. The summed E-state index contributed by atoms with van der Waals surface area (Å²) in [5, 5.41) is 1.80. The standard InChI is InChI=1S/C5H6BrNOS/c1-2-7-5(8)4(6)3-9-7/h3H,2H2,1H3. The van der Waals surface area contributed by atoms with E-state index in [-0.39, 0.29) is 5.56 Å². The first kappa shape index (κ1) is 7.02. The van der Waals surface area contributed by atoms with Gasteiger partial charge >= 0.3 is 0 Å². The van der Waals surface area contributed by atoms with Crippen molar-refractivity contribution < 1.29 is 0 Å². The van der Waals surface area contributed by atoms with Crippen molar-refractivity contribution in [2.24, 2.45) is 0 Å². The summed E-state index contributed by atoms with van der Waals surface area (Å²) in [7, 11) is 0. The van der Waals surface area contributed by atoms with E-state index in [1.54, 1.807) is 9.34 Å². The van der Waals surface area contributed by atoms with Gasteiger partial charge in [0.2, 0.25) is 0 Å². The van der Waals surface area contributed by atoms with Crippen LogP contribution in [0.3, 0.4) is 0 Å². The smallest absolute Gasteiger partial charge is 0.267 e. The van der Waals surface area contributed by atoms with Gasteiger partial charge in [-0.3, -0.25) is 8.75 Å². The topological polar surface area (TPSA) is 22.0 Å². The lowest BCUT2D eigenvalue weighted by Crippen LogP contribution is -2.11. The number of hydrogen-bond acceptors (Lipinski definition) is 2. The lowest BCUT2D eigenvalue weighted by atomic mass is 10.7. The van der Waals surface area contributed by atoms with Crippen LogP contribution >= 0.6 is 27.5 Å². The fraction of sp³-hybridized carbons (Fsp3) is 0.400. The first-order valence-corrected chi connectivity index (χ1v) is 4.23. The van der Waals surface area contributed by atoms with Gasteiger partial charge < -0.3 is 0 Å². The molecule has 0 aromatic carbocycles. The monoisotopic (exact) mass is 207 g/mol. The van der Waals surface area contributed by atoms with Crippen molar-refractivity contribution >= 4 is 27.5 Å². The van der Waals surface area contributed by atoms with E-state index in [9.17, 15) is 4.79 Å². The van der Waals surface area contributed by atoms with Crippen LogP contribution in [0.5, 0.6) is 0 Å². The molecule has 1 aromatic rings. The summed E-state index contributed by atoms with van der Waals surface area (Å²) in [6, 6.07) is 0. The predicted octanol–water partition coefficient (Wildman–Crippen LogP) is 1.69. The van der Waals surface area contributed by atoms with Crippen LogP contribution in [0.4, 0.5) is 0 Å². The summed E-state index contributed by atoms with van der Waals surface area (Å²) in [6.45, 7) is 2.71. The van der Waals surface area contributed by atoms with Crippen molar-refractivity contribution in [3.05, 3.63) is 20.2 Å². The van der Waals surface area contributed by atoms with Crippen LogP contribution in [0.15, 0.2) is 14.6 Å². The molecule has 9 heavy (non-hydrogen) atoms. The SMILES string of the molecule is CCn1scc(Br)c1=O. The third kappa shape index (κ3) is 1.24. The molecule has 50 valence electrons. The molecule has 0 radical (unpaired) electrons. The molecule has 4 heteroatoms. The van der Waals surface area contributed by atoms with E-state index in [0.29, 0.717) is 4.47 Å². The van der Waals surface area contributed by atoms with E-state index >= 15 is 0 Å². The van der Waals surface area contributed by atoms with Crippen LogP contribution in [0.1, 0.15) is 6.92 Å². The molecular formula is C5H6BrNOS. The molecule has 0 aliphatic carbocycles. The van der Waals surface area contributed by atoms with E-state index < -0.39 is 0 Å². The summed E-state index contributed by atoms with van der Waals surface area (Å²) in [5.74, 6) is 0. The van der Waals surface area contributed by atoms with Crippen LogP contribution in [-0.2, 0) is 6.54 Å². The Balaban J connectivity index is 3.20. The molecule has 0 saturated heterocycles. The zero-order chi connectivity index (χ0) is 6.85. The van der Waals surface area contributed by atoms with Crippen molar-refractivity contribution in [3.8, 4) is 0 Å². The summed E-state index contributed by atoms with van der Waals surface area (Å²) in [5.41, 5.74) is 0.0718. The van der Waals surface area contributed by atoms with Gasteiger partial charge in [0, 0.05) is 11.9 Å². The second-order valence-electron chi connectivity index (χ2n) is 1.57. The van der Waals surface area contributed by atoms with Crippen LogP contribution in [0.25, 0.3) is 0 Å². The minimum atomic E-state index is 0.0718. The highest BCUT2D eigenvalue weighted by molar-refractivity contribution is 9.10. The number of hydrogen-bond donors (Lipinski definition) is 0. The van der Waals surface area contributed by atoms with Crippen LogP contribution < -0.4 is 5.56 Å². The Morgan fingerprint density at radius 1 is 1.89 bits per heavy atom. The van der Waals surface area contributed by atoms with E-state index in [1.807, 2.05) is 6.92 Å². The maximum atomic E-state index is 10.9. The largest absolute Gasteiger partial charge is 0.274 e. The maximum absolute atomic E-state index is 10.9. The van der Waals surface area contributed by atoms with Crippen molar-refractivity contribution in [1.29, 1.82) is 0 Å². The number of halogens is 1.